The standard InChI is InChI=1S/C19H22N4O4/c20-14-3-1-2-10(14)9-21-11-4-5-12-13(8-11)19(27)23(18(12)26)15-6-7-16(24)22-17(15)25/h4-5,8,10,14-15,21H,1-3,6-7,9,20H2,(H,22,24,25). The summed E-state index contributed by atoms with van der Waals surface area (Å²) in [5.41, 5.74) is 7.41. The van der Waals surface area contributed by atoms with Gasteiger partial charge in [0.05, 0.1) is 11.1 Å². The molecule has 2 aliphatic heterocycles. The quantitative estimate of drug-likeness (QED) is 0.668. The lowest BCUT2D eigenvalue weighted by molar-refractivity contribution is -0.136. The highest BCUT2D eigenvalue weighted by molar-refractivity contribution is 6.23. The van der Waals surface area contributed by atoms with Crippen LogP contribution in [0.25, 0.3) is 0 Å². The van der Waals surface area contributed by atoms with Crippen LogP contribution >= 0.6 is 0 Å². The van der Waals surface area contributed by atoms with Gasteiger partial charge in [0.25, 0.3) is 11.8 Å². The predicted molar refractivity (Wildman–Crippen MR) is 96.9 cm³/mol. The number of hydrogen-bond acceptors (Lipinski definition) is 6. The van der Waals surface area contributed by atoms with Crippen LogP contribution in [-0.4, -0.2) is 47.2 Å². The number of nitrogens with two attached hydrogens (primary N) is 1. The number of amides is 4. The van der Waals surface area contributed by atoms with Crippen molar-refractivity contribution in [3.05, 3.63) is 29.3 Å². The van der Waals surface area contributed by atoms with Gasteiger partial charge in [-0.15, -0.1) is 0 Å². The Bertz CT molecular complexity index is 837. The molecule has 3 atom stereocenters. The number of hydrogen-bond donors (Lipinski definition) is 3. The second-order valence-electron chi connectivity index (χ2n) is 7.44. The van der Waals surface area contributed by atoms with Gasteiger partial charge in [-0.3, -0.25) is 29.4 Å². The molecule has 8 heteroatoms. The Kier molecular flexibility index (Phi) is 4.43. The SMILES string of the molecule is NC1CCCC1CNc1ccc2c(c1)C(=O)N(C1CCC(=O)NC1=O)C2=O. The summed E-state index contributed by atoms with van der Waals surface area (Å²) in [5, 5.41) is 5.50. The molecule has 142 valence electrons. The van der Waals surface area contributed by atoms with Gasteiger partial charge < -0.3 is 11.1 Å². The van der Waals surface area contributed by atoms with Crippen LogP contribution in [0.4, 0.5) is 5.69 Å². The summed E-state index contributed by atoms with van der Waals surface area (Å²) in [6, 6.07) is 4.28. The number of carbonyl (C=O) groups is 4. The fraction of sp³-hybridized carbons (Fsp3) is 0.474. The molecule has 1 aromatic rings. The van der Waals surface area contributed by atoms with E-state index in [-0.39, 0.29) is 35.9 Å². The lowest BCUT2D eigenvalue weighted by atomic mass is 10.0. The van der Waals surface area contributed by atoms with E-state index in [0.717, 1.165) is 36.4 Å². The Hall–Kier alpha value is -2.74. The molecule has 8 nitrogen and oxygen atoms in total. The lowest BCUT2D eigenvalue weighted by Crippen LogP contribution is -2.54. The van der Waals surface area contributed by atoms with E-state index < -0.39 is 23.8 Å². The first-order valence-electron chi connectivity index (χ1n) is 9.31. The molecular weight excluding hydrogens is 348 g/mol. The van der Waals surface area contributed by atoms with Gasteiger partial charge in [-0.1, -0.05) is 6.42 Å². The molecule has 4 N–H and O–H groups in total. The van der Waals surface area contributed by atoms with Crippen LogP contribution in [0.15, 0.2) is 18.2 Å². The first-order valence-corrected chi connectivity index (χ1v) is 9.31. The summed E-state index contributed by atoms with van der Waals surface area (Å²) in [4.78, 5) is 49.8. The smallest absolute Gasteiger partial charge is 0.262 e. The van der Waals surface area contributed by atoms with Crippen LogP contribution in [0.5, 0.6) is 0 Å². The van der Waals surface area contributed by atoms with Gasteiger partial charge in [0.15, 0.2) is 0 Å². The molecule has 1 saturated carbocycles. The predicted octanol–water partition coefficient (Wildman–Crippen LogP) is 0.627. The summed E-state index contributed by atoms with van der Waals surface area (Å²) in [7, 11) is 0. The number of rotatable bonds is 4. The molecule has 27 heavy (non-hydrogen) atoms. The van der Waals surface area contributed by atoms with E-state index in [0.29, 0.717) is 5.92 Å². The molecule has 0 spiro atoms. The van der Waals surface area contributed by atoms with Crippen molar-refractivity contribution in [1.82, 2.24) is 10.2 Å². The first kappa shape index (κ1) is 17.7. The molecule has 1 aromatic carbocycles. The third-order valence-electron chi connectivity index (χ3n) is 5.73. The summed E-state index contributed by atoms with van der Waals surface area (Å²) in [5.74, 6) is -1.58. The minimum Gasteiger partial charge on any atom is -0.385 e. The minimum atomic E-state index is -0.942. The van der Waals surface area contributed by atoms with Crippen LogP contribution in [0, 0.1) is 5.92 Å². The van der Waals surface area contributed by atoms with Crippen LogP contribution in [0.2, 0.25) is 0 Å². The van der Waals surface area contributed by atoms with Crippen molar-refractivity contribution in [2.75, 3.05) is 11.9 Å². The zero-order valence-electron chi connectivity index (χ0n) is 14.9. The highest BCUT2D eigenvalue weighted by Crippen LogP contribution is 2.30. The van der Waals surface area contributed by atoms with Crippen molar-refractivity contribution in [2.45, 2.75) is 44.2 Å². The largest absolute Gasteiger partial charge is 0.385 e. The maximum absolute atomic E-state index is 12.8. The fourth-order valence-electron chi connectivity index (χ4n) is 4.15. The van der Waals surface area contributed by atoms with Gasteiger partial charge in [-0.2, -0.15) is 0 Å². The number of nitrogens with zero attached hydrogens (tertiary/aromatic N) is 1. The molecule has 1 aliphatic carbocycles. The van der Waals surface area contributed by atoms with Gasteiger partial charge in [-0.05, 0) is 43.4 Å². The van der Waals surface area contributed by atoms with Crippen molar-refractivity contribution < 1.29 is 19.2 Å². The number of fused-ring (bicyclic) bond motifs is 1. The van der Waals surface area contributed by atoms with Crippen molar-refractivity contribution in [1.29, 1.82) is 0 Å². The Balaban J connectivity index is 1.51. The van der Waals surface area contributed by atoms with Gasteiger partial charge in [0, 0.05) is 24.7 Å². The van der Waals surface area contributed by atoms with Gasteiger partial charge in [-0.25, -0.2) is 0 Å². The number of nitrogens with one attached hydrogen (secondary N) is 2. The van der Waals surface area contributed by atoms with Gasteiger partial charge >= 0.3 is 0 Å². The second kappa shape index (κ2) is 6.77. The zero-order chi connectivity index (χ0) is 19.1. The summed E-state index contributed by atoms with van der Waals surface area (Å²) >= 11 is 0. The van der Waals surface area contributed by atoms with E-state index in [1.54, 1.807) is 18.2 Å². The van der Waals surface area contributed by atoms with Gasteiger partial charge in [0.1, 0.15) is 6.04 Å². The zero-order valence-corrected chi connectivity index (χ0v) is 14.9. The molecule has 0 aromatic heterocycles. The fourth-order valence-corrected chi connectivity index (χ4v) is 4.15. The number of anilines is 1. The van der Waals surface area contributed by atoms with E-state index >= 15 is 0 Å². The van der Waals surface area contributed by atoms with Crippen molar-refractivity contribution in [2.24, 2.45) is 11.7 Å². The molecule has 1 saturated heterocycles. The normalized spacial score (nSPS) is 27.7. The monoisotopic (exact) mass is 370 g/mol. The van der Waals surface area contributed by atoms with E-state index in [1.807, 2.05) is 0 Å². The van der Waals surface area contributed by atoms with Crippen molar-refractivity contribution >= 4 is 29.3 Å². The molecule has 2 fully saturated rings. The molecule has 3 aliphatic rings. The third-order valence-corrected chi connectivity index (χ3v) is 5.73. The van der Waals surface area contributed by atoms with Crippen LogP contribution in [0.3, 0.4) is 0 Å². The highest BCUT2D eigenvalue weighted by atomic mass is 16.2. The molecule has 4 amide bonds. The number of benzene rings is 1. The molecule has 2 heterocycles. The van der Waals surface area contributed by atoms with E-state index in [4.69, 9.17) is 5.73 Å². The van der Waals surface area contributed by atoms with E-state index in [9.17, 15) is 19.2 Å². The average Bonchev–Trinajstić information content (AvgIpc) is 3.15. The Morgan fingerprint density at radius 3 is 2.56 bits per heavy atom. The highest BCUT2D eigenvalue weighted by Gasteiger charge is 2.44. The van der Waals surface area contributed by atoms with Crippen LogP contribution in [0.1, 0.15) is 52.8 Å². The Morgan fingerprint density at radius 1 is 1.07 bits per heavy atom. The van der Waals surface area contributed by atoms with Gasteiger partial charge in [0.2, 0.25) is 11.8 Å². The van der Waals surface area contributed by atoms with Crippen molar-refractivity contribution in [3.8, 4) is 0 Å². The van der Waals surface area contributed by atoms with Crippen LogP contribution < -0.4 is 16.4 Å². The third kappa shape index (κ3) is 3.10. The average molecular weight is 370 g/mol. The maximum atomic E-state index is 12.8. The molecular formula is C19H22N4O4. The minimum absolute atomic E-state index is 0.109. The summed E-state index contributed by atoms with van der Waals surface area (Å²) < 4.78 is 0. The first-order chi connectivity index (χ1) is 13.0. The lowest BCUT2D eigenvalue weighted by Gasteiger charge is -2.27. The molecule has 4 rings (SSSR count). The molecule has 3 unspecified atom stereocenters. The second-order valence-corrected chi connectivity index (χ2v) is 7.44. The number of piperidine rings is 1. The maximum Gasteiger partial charge on any atom is 0.262 e. The molecule has 0 radical (unpaired) electrons. The van der Waals surface area contributed by atoms with Crippen LogP contribution in [-0.2, 0) is 9.59 Å². The number of carbonyl (C=O) groups excluding carboxylic acids is 4. The summed E-state index contributed by atoms with van der Waals surface area (Å²) in [6.07, 6.45) is 3.51. The molecule has 0 bridgehead atoms. The topological polar surface area (TPSA) is 122 Å². The Morgan fingerprint density at radius 2 is 1.85 bits per heavy atom. The number of imide groups is 2. The van der Waals surface area contributed by atoms with Crippen molar-refractivity contribution in [3.63, 3.8) is 0 Å². The Labute approximate surface area is 156 Å². The van der Waals surface area contributed by atoms with E-state index in [2.05, 4.69) is 10.6 Å². The van der Waals surface area contributed by atoms with E-state index in [1.165, 1.54) is 0 Å². The summed E-state index contributed by atoms with van der Waals surface area (Å²) in [6.45, 7) is 0.721.